The minimum atomic E-state index is 0.00639. The zero-order valence-electron chi connectivity index (χ0n) is 12.9. The van der Waals surface area contributed by atoms with Crippen molar-refractivity contribution in [3.05, 3.63) is 24.5 Å². The van der Waals surface area contributed by atoms with Gasteiger partial charge >= 0.3 is 6.03 Å². The van der Waals surface area contributed by atoms with Gasteiger partial charge in [-0.15, -0.1) is 0 Å². The molecule has 1 aromatic heterocycles. The summed E-state index contributed by atoms with van der Waals surface area (Å²) in [6, 6.07) is 3.90. The lowest BCUT2D eigenvalue weighted by Gasteiger charge is -2.33. The number of ether oxygens (including phenoxy) is 1. The van der Waals surface area contributed by atoms with Gasteiger partial charge in [-0.2, -0.15) is 0 Å². The Morgan fingerprint density at radius 2 is 2.15 bits per heavy atom. The fraction of sp³-hybridized carbons (Fsp3) is 0.600. The Morgan fingerprint density at radius 3 is 2.65 bits per heavy atom. The Kier molecular flexibility index (Phi) is 7.01. The first-order valence-electron chi connectivity index (χ1n) is 7.08. The Labute approximate surface area is 121 Å². The number of urea groups is 1. The van der Waals surface area contributed by atoms with Crippen LogP contribution in [-0.2, 0) is 4.74 Å². The van der Waals surface area contributed by atoms with Crippen LogP contribution < -0.4 is 4.90 Å². The normalized spacial score (nSPS) is 10.7. The van der Waals surface area contributed by atoms with Crippen molar-refractivity contribution in [3.8, 4) is 0 Å². The van der Waals surface area contributed by atoms with Crippen molar-refractivity contribution in [2.45, 2.75) is 33.2 Å². The minimum absolute atomic E-state index is 0.00639. The zero-order valence-corrected chi connectivity index (χ0v) is 12.9. The number of carbonyl (C=O) groups excluding carboxylic acids is 1. The molecule has 0 saturated heterocycles. The Balaban J connectivity index is 2.91. The number of nitrogens with zero attached hydrogens (tertiary/aromatic N) is 3. The highest BCUT2D eigenvalue weighted by atomic mass is 16.5. The Morgan fingerprint density at radius 1 is 1.40 bits per heavy atom. The molecule has 1 aromatic rings. The van der Waals surface area contributed by atoms with E-state index in [0.717, 1.165) is 12.1 Å². The monoisotopic (exact) mass is 279 g/mol. The second-order valence-corrected chi connectivity index (χ2v) is 4.93. The van der Waals surface area contributed by atoms with E-state index in [9.17, 15) is 4.79 Å². The van der Waals surface area contributed by atoms with Gasteiger partial charge in [-0.25, -0.2) is 4.79 Å². The molecule has 20 heavy (non-hydrogen) atoms. The van der Waals surface area contributed by atoms with E-state index in [2.05, 4.69) is 11.9 Å². The van der Waals surface area contributed by atoms with Gasteiger partial charge in [0.2, 0.25) is 0 Å². The van der Waals surface area contributed by atoms with Crippen molar-refractivity contribution in [2.24, 2.45) is 0 Å². The number of rotatable bonds is 7. The molecular formula is C15H25N3O2. The van der Waals surface area contributed by atoms with Crippen LogP contribution in [0.2, 0.25) is 0 Å². The molecule has 5 nitrogen and oxygen atoms in total. The van der Waals surface area contributed by atoms with E-state index in [4.69, 9.17) is 4.74 Å². The summed E-state index contributed by atoms with van der Waals surface area (Å²) in [4.78, 5) is 20.5. The molecule has 0 fully saturated rings. The molecule has 0 unspecified atom stereocenters. The highest BCUT2D eigenvalue weighted by Crippen LogP contribution is 2.16. The number of amides is 2. The quantitative estimate of drug-likeness (QED) is 0.771. The number of methoxy groups -OCH3 is 1. The third kappa shape index (κ3) is 4.49. The van der Waals surface area contributed by atoms with Crippen LogP contribution in [0.5, 0.6) is 0 Å². The maximum absolute atomic E-state index is 12.7. The number of aromatic nitrogens is 1. The van der Waals surface area contributed by atoms with Crippen LogP contribution >= 0.6 is 0 Å². The molecule has 0 aliphatic rings. The summed E-state index contributed by atoms with van der Waals surface area (Å²) in [7, 11) is 1.65. The van der Waals surface area contributed by atoms with Crippen LogP contribution in [-0.4, -0.2) is 48.8 Å². The van der Waals surface area contributed by atoms with Gasteiger partial charge in [0.25, 0.3) is 0 Å². The molecule has 0 atom stereocenters. The predicted octanol–water partition coefficient (Wildman–Crippen LogP) is 2.77. The summed E-state index contributed by atoms with van der Waals surface area (Å²) in [5.41, 5.74) is 0.836. The van der Waals surface area contributed by atoms with Crippen molar-refractivity contribution < 1.29 is 9.53 Å². The third-order valence-electron chi connectivity index (χ3n) is 3.04. The fourth-order valence-corrected chi connectivity index (χ4v) is 1.99. The van der Waals surface area contributed by atoms with Gasteiger partial charge < -0.3 is 9.64 Å². The molecule has 0 aliphatic heterocycles. The molecule has 0 saturated carbocycles. The van der Waals surface area contributed by atoms with Crippen LogP contribution in [0.1, 0.15) is 27.2 Å². The van der Waals surface area contributed by atoms with Crippen molar-refractivity contribution in [1.82, 2.24) is 9.88 Å². The van der Waals surface area contributed by atoms with Crippen molar-refractivity contribution in [2.75, 3.05) is 31.7 Å². The SMILES string of the molecule is CCCN(C(=O)N(CCOC)C(C)C)c1cccnc1. The molecule has 1 rings (SSSR count). The van der Waals surface area contributed by atoms with Gasteiger partial charge in [-0.1, -0.05) is 6.92 Å². The summed E-state index contributed by atoms with van der Waals surface area (Å²) in [6.07, 6.45) is 4.34. The first-order valence-corrected chi connectivity index (χ1v) is 7.08. The molecule has 112 valence electrons. The average molecular weight is 279 g/mol. The standard InChI is InChI=1S/C15H25N3O2/c1-5-9-18(14-7-6-8-16-12-14)15(19)17(13(2)3)10-11-20-4/h6-8,12-13H,5,9-11H2,1-4H3. The maximum atomic E-state index is 12.7. The molecule has 0 aliphatic carbocycles. The van der Waals surface area contributed by atoms with Gasteiger partial charge in [0.05, 0.1) is 18.5 Å². The summed E-state index contributed by atoms with van der Waals surface area (Å²) in [5.74, 6) is 0. The van der Waals surface area contributed by atoms with Crippen molar-refractivity contribution >= 4 is 11.7 Å². The van der Waals surface area contributed by atoms with Gasteiger partial charge in [0.1, 0.15) is 0 Å². The molecule has 0 bridgehead atoms. The molecule has 0 radical (unpaired) electrons. The van der Waals surface area contributed by atoms with Crippen LogP contribution in [0.4, 0.5) is 10.5 Å². The molecule has 0 aromatic carbocycles. The highest BCUT2D eigenvalue weighted by Gasteiger charge is 2.23. The largest absolute Gasteiger partial charge is 0.383 e. The summed E-state index contributed by atoms with van der Waals surface area (Å²) in [5, 5.41) is 0. The maximum Gasteiger partial charge on any atom is 0.324 e. The van der Waals surface area contributed by atoms with Crippen molar-refractivity contribution in [1.29, 1.82) is 0 Å². The average Bonchev–Trinajstić information content (AvgIpc) is 2.45. The summed E-state index contributed by atoms with van der Waals surface area (Å²) >= 11 is 0. The molecule has 0 spiro atoms. The predicted molar refractivity (Wildman–Crippen MR) is 81.0 cm³/mol. The second-order valence-electron chi connectivity index (χ2n) is 4.93. The molecule has 0 N–H and O–H groups in total. The van der Waals surface area contributed by atoms with Gasteiger partial charge in [0, 0.05) is 32.4 Å². The smallest absolute Gasteiger partial charge is 0.324 e. The highest BCUT2D eigenvalue weighted by molar-refractivity contribution is 5.92. The number of carbonyl (C=O) groups is 1. The summed E-state index contributed by atoms with van der Waals surface area (Å²) < 4.78 is 5.09. The van der Waals surface area contributed by atoms with Crippen LogP contribution in [0.25, 0.3) is 0 Å². The molecule has 5 heteroatoms. The van der Waals surface area contributed by atoms with E-state index < -0.39 is 0 Å². The van der Waals surface area contributed by atoms with Gasteiger partial charge in [-0.3, -0.25) is 9.88 Å². The topological polar surface area (TPSA) is 45.7 Å². The Hall–Kier alpha value is -1.62. The number of pyridine rings is 1. The number of anilines is 1. The third-order valence-corrected chi connectivity index (χ3v) is 3.04. The lowest BCUT2D eigenvalue weighted by Crippen LogP contribution is -2.48. The number of hydrogen-bond acceptors (Lipinski definition) is 3. The van der Waals surface area contributed by atoms with E-state index in [-0.39, 0.29) is 12.1 Å². The lowest BCUT2D eigenvalue weighted by molar-refractivity contribution is 0.139. The first-order chi connectivity index (χ1) is 9.61. The van der Waals surface area contributed by atoms with Crippen molar-refractivity contribution in [3.63, 3.8) is 0 Å². The van der Waals surface area contributed by atoms with Crippen LogP contribution in [0.3, 0.4) is 0 Å². The van der Waals surface area contributed by atoms with E-state index in [1.165, 1.54) is 0 Å². The fourth-order valence-electron chi connectivity index (χ4n) is 1.99. The van der Waals surface area contributed by atoms with Crippen LogP contribution in [0.15, 0.2) is 24.5 Å². The van der Waals surface area contributed by atoms with E-state index in [1.54, 1.807) is 24.4 Å². The second kappa shape index (κ2) is 8.53. The molecule has 1 heterocycles. The van der Waals surface area contributed by atoms with E-state index >= 15 is 0 Å². The Bertz CT molecular complexity index is 395. The molecular weight excluding hydrogens is 254 g/mol. The number of hydrogen-bond donors (Lipinski definition) is 0. The summed E-state index contributed by atoms with van der Waals surface area (Å²) in [6.45, 7) is 7.90. The first kappa shape index (κ1) is 16.4. The zero-order chi connectivity index (χ0) is 15.0. The lowest BCUT2D eigenvalue weighted by atomic mass is 10.3. The molecule has 2 amide bonds. The van der Waals surface area contributed by atoms with E-state index in [1.807, 2.05) is 30.9 Å². The van der Waals surface area contributed by atoms with Crippen LogP contribution in [0, 0.1) is 0 Å². The van der Waals surface area contributed by atoms with Gasteiger partial charge in [-0.05, 0) is 32.4 Å². The van der Waals surface area contributed by atoms with Gasteiger partial charge in [0.15, 0.2) is 0 Å². The van der Waals surface area contributed by atoms with E-state index in [0.29, 0.717) is 19.7 Å². The minimum Gasteiger partial charge on any atom is -0.383 e.